The second-order valence-corrected chi connectivity index (χ2v) is 5.27. The van der Waals surface area contributed by atoms with Gasteiger partial charge in [-0.2, -0.15) is 0 Å². The third kappa shape index (κ3) is 4.67. The first kappa shape index (κ1) is 14.1. The first-order valence-electron chi connectivity index (χ1n) is 7.24. The van der Waals surface area contributed by atoms with Gasteiger partial charge in [0.1, 0.15) is 0 Å². The summed E-state index contributed by atoms with van der Waals surface area (Å²) in [4.78, 5) is 2.51. The Balaban J connectivity index is 1.72. The highest BCUT2D eigenvalue weighted by molar-refractivity contribution is 5.72. The average molecular weight is 260 g/mol. The van der Waals surface area contributed by atoms with Gasteiger partial charge in [0, 0.05) is 13.0 Å². The first-order chi connectivity index (χ1) is 9.28. The van der Waals surface area contributed by atoms with Crippen LogP contribution in [0.15, 0.2) is 30.3 Å². The molecule has 0 amide bonds. The number of rotatable bonds is 5. The predicted molar refractivity (Wildman–Crippen MR) is 78.4 cm³/mol. The Morgan fingerprint density at radius 2 is 1.95 bits per heavy atom. The van der Waals surface area contributed by atoms with Crippen molar-refractivity contribution in [2.45, 2.75) is 32.7 Å². The van der Waals surface area contributed by atoms with Gasteiger partial charge in [-0.15, -0.1) is 0 Å². The van der Waals surface area contributed by atoms with Gasteiger partial charge in [-0.25, -0.2) is 0 Å². The molecule has 0 aromatic heterocycles. The molecule has 1 aliphatic rings. The van der Waals surface area contributed by atoms with Gasteiger partial charge in [0.15, 0.2) is 5.90 Å². The Labute approximate surface area is 116 Å². The summed E-state index contributed by atoms with van der Waals surface area (Å²) in [6, 6.07) is 10.7. The molecule has 0 unspecified atom stereocenters. The third-order valence-corrected chi connectivity index (χ3v) is 3.75. The molecule has 1 aliphatic heterocycles. The Hall–Kier alpha value is -1.35. The molecule has 1 heterocycles. The van der Waals surface area contributed by atoms with Crippen LogP contribution in [0.5, 0.6) is 0 Å². The zero-order chi connectivity index (χ0) is 13.5. The topological polar surface area (TPSA) is 36.3 Å². The molecule has 2 rings (SSSR count). The van der Waals surface area contributed by atoms with E-state index in [1.807, 2.05) is 6.92 Å². The number of nitrogens with one attached hydrogen (secondary N) is 1. The molecule has 0 bridgehead atoms. The summed E-state index contributed by atoms with van der Waals surface area (Å²) in [6.45, 7) is 5.89. The van der Waals surface area contributed by atoms with Crippen molar-refractivity contribution in [1.82, 2.24) is 4.90 Å². The lowest BCUT2D eigenvalue weighted by atomic mass is 9.93. The number of hydrogen-bond donors (Lipinski definition) is 1. The summed E-state index contributed by atoms with van der Waals surface area (Å²) >= 11 is 0. The minimum absolute atomic E-state index is 0.462. The van der Waals surface area contributed by atoms with Gasteiger partial charge in [0.05, 0.1) is 6.61 Å². The molecule has 3 nitrogen and oxygen atoms in total. The Morgan fingerprint density at radius 1 is 1.26 bits per heavy atom. The van der Waals surface area contributed by atoms with Gasteiger partial charge >= 0.3 is 0 Å². The van der Waals surface area contributed by atoms with Crippen molar-refractivity contribution >= 4 is 5.90 Å². The van der Waals surface area contributed by atoms with E-state index < -0.39 is 0 Å². The van der Waals surface area contributed by atoms with Gasteiger partial charge in [0.2, 0.25) is 0 Å². The molecule has 19 heavy (non-hydrogen) atoms. The van der Waals surface area contributed by atoms with Crippen LogP contribution in [0.4, 0.5) is 0 Å². The van der Waals surface area contributed by atoms with Crippen molar-refractivity contribution in [3.63, 3.8) is 0 Å². The molecule has 3 heteroatoms. The van der Waals surface area contributed by atoms with E-state index >= 15 is 0 Å². The molecular weight excluding hydrogens is 236 g/mol. The van der Waals surface area contributed by atoms with E-state index in [0.29, 0.717) is 18.4 Å². The van der Waals surface area contributed by atoms with Crippen LogP contribution < -0.4 is 0 Å². The maximum absolute atomic E-state index is 7.72. The predicted octanol–water partition coefficient (Wildman–Crippen LogP) is 3.30. The fraction of sp³-hybridized carbons (Fsp3) is 0.562. The summed E-state index contributed by atoms with van der Waals surface area (Å²) in [6.07, 6.45) is 3.18. The molecule has 0 saturated carbocycles. The number of likely N-dealkylation sites (tertiary alicyclic amines) is 1. The van der Waals surface area contributed by atoms with Crippen molar-refractivity contribution < 1.29 is 4.74 Å². The van der Waals surface area contributed by atoms with E-state index in [0.717, 1.165) is 26.1 Å². The highest BCUT2D eigenvalue weighted by atomic mass is 16.5. The van der Waals surface area contributed by atoms with Crippen LogP contribution in [0.1, 0.15) is 31.7 Å². The van der Waals surface area contributed by atoms with Gasteiger partial charge in [-0.05, 0) is 44.3 Å². The average Bonchev–Trinajstić information content (AvgIpc) is 2.42. The lowest BCUT2D eigenvalue weighted by molar-refractivity contribution is 0.175. The highest BCUT2D eigenvalue weighted by Gasteiger charge is 2.20. The van der Waals surface area contributed by atoms with Crippen molar-refractivity contribution in [1.29, 1.82) is 5.41 Å². The summed E-state index contributed by atoms with van der Waals surface area (Å²) in [5.74, 6) is 1.09. The normalized spacial score (nSPS) is 17.3. The fourth-order valence-corrected chi connectivity index (χ4v) is 2.69. The van der Waals surface area contributed by atoms with Crippen LogP contribution in [0, 0.1) is 11.3 Å². The lowest BCUT2D eigenvalue weighted by Gasteiger charge is -2.31. The van der Waals surface area contributed by atoms with Crippen molar-refractivity contribution in [2.75, 3.05) is 19.7 Å². The number of piperidine rings is 1. The Bertz CT molecular complexity index is 383. The van der Waals surface area contributed by atoms with Gasteiger partial charge < -0.3 is 4.74 Å². The summed E-state index contributed by atoms with van der Waals surface area (Å²) in [7, 11) is 0. The van der Waals surface area contributed by atoms with Gasteiger partial charge in [-0.3, -0.25) is 10.3 Å². The van der Waals surface area contributed by atoms with Crippen molar-refractivity contribution in [2.24, 2.45) is 5.92 Å². The molecule has 0 atom stereocenters. The van der Waals surface area contributed by atoms with Crippen LogP contribution in [0.2, 0.25) is 0 Å². The van der Waals surface area contributed by atoms with E-state index in [-0.39, 0.29) is 0 Å². The lowest BCUT2D eigenvalue weighted by Crippen LogP contribution is -2.34. The van der Waals surface area contributed by atoms with E-state index in [1.165, 1.54) is 18.4 Å². The van der Waals surface area contributed by atoms with Crippen LogP contribution >= 0.6 is 0 Å². The van der Waals surface area contributed by atoms with Gasteiger partial charge in [0.25, 0.3) is 0 Å². The molecule has 0 radical (unpaired) electrons. The maximum Gasteiger partial charge on any atom is 0.180 e. The number of ether oxygens (including phenoxy) is 1. The maximum atomic E-state index is 7.72. The minimum atomic E-state index is 0.462. The van der Waals surface area contributed by atoms with Crippen LogP contribution in [-0.4, -0.2) is 30.5 Å². The summed E-state index contributed by atoms with van der Waals surface area (Å²) in [5.41, 5.74) is 1.39. The van der Waals surface area contributed by atoms with Crippen LogP contribution in [0.3, 0.4) is 0 Å². The quantitative estimate of drug-likeness (QED) is 0.651. The smallest absolute Gasteiger partial charge is 0.180 e. The third-order valence-electron chi connectivity index (χ3n) is 3.75. The zero-order valence-electron chi connectivity index (χ0n) is 11.8. The number of hydrogen-bond acceptors (Lipinski definition) is 3. The summed E-state index contributed by atoms with van der Waals surface area (Å²) < 4.78 is 5.24. The molecule has 1 aromatic carbocycles. The molecule has 1 N–H and O–H groups in total. The van der Waals surface area contributed by atoms with Crippen molar-refractivity contribution in [3.8, 4) is 0 Å². The Morgan fingerprint density at radius 3 is 2.58 bits per heavy atom. The van der Waals surface area contributed by atoms with E-state index in [2.05, 4.69) is 35.2 Å². The summed E-state index contributed by atoms with van der Waals surface area (Å²) in [5, 5.41) is 7.72. The second kappa shape index (κ2) is 7.29. The van der Waals surface area contributed by atoms with E-state index in [1.54, 1.807) is 0 Å². The molecule has 104 valence electrons. The monoisotopic (exact) mass is 260 g/mol. The molecule has 0 aliphatic carbocycles. The van der Waals surface area contributed by atoms with Crippen LogP contribution in [0.25, 0.3) is 0 Å². The van der Waals surface area contributed by atoms with Crippen molar-refractivity contribution in [3.05, 3.63) is 35.9 Å². The number of benzene rings is 1. The Kier molecular flexibility index (Phi) is 5.40. The van der Waals surface area contributed by atoms with E-state index in [9.17, 15) is 0 Å². The highest BCUT2D eigenvalue weighted by Crippen LogP contribution is 2.22. The molecule has 1 fully saturated rings. The zero-order valence-corrected chi connectivity index (χ0v) is 11.8. The fourth-order valence-electron chi connectivity index (χ4n) is 2.69. The van der Waals surface area contributed by atoms with E-state index in [4.69, 9.17) is 10.1 Å². The first-order valence-corrected chi connectivity index (χ1v) is 7.24. The SMILES string of the molecule is CCOC(=N)CC1CCN(Cc2ccccc2)CC1. The van der Waals surface area contributed by atoms with Crippen LogP contribution in [-0.2, 0) is 11.3 Å². The molecule has 1 saturated heterocycles. The van der Waals surface area contributed by atoms with Gasteiger partial charge in [-0.1, -0.05) is 30.3 Å². The minimum Gasteiger partial charge on any atom is -0.481 e. The second-order valence-electron chi connectivity index (χ2n) is 5.27. The molecular formula is C16H24N2O. The largest absolute Gasteiger partial charge is 0.481 e. The number of nitrogens with zero attached hydrogens (tertiary/aromatic N) is 1. The molecule has 1 aromatic rings. The standard InChI is InChI=1S/C16H24N2O/c1-2-19-16(17)12-14-8-10-18(11-9-14)13-15-6-4-3-5-7-15/h3-7,14,17H,2,8-13H2,1H3. The molecule has 0 spiro atoms.